The Morgan fingerprint density at radius 2 is 1.71 bits per heavy atom. The highest BCUT2D eigenvalue weighted by Gasteiger charge is 2.37. The molecule has 1 aliphatic rings. The van der Waals surface area contributed by atoms with Gasteiger partial charge in [-0.15, -0.1) is 0 Å². The van der Waals surface area contributed by atoms with E-state index in [4.69, 9.17) is 14.2 Å². The Labute approximate surface area is 199 Å². The van der Waals surface area contributed by atoms with E-state index in [9.17, 15) is 13.2 Å². The van der Waals surface area contributed by atoms with Crippen molar-refractivity contribution in [3.63, 3.8) is 0 Å². The smallest absolute Gasteiger partial charge is 0.264 e. The van der Waals surface area contributed by atoms with E-state index in [2.05, 4.69) is 5.32 Å². The number of amides is 1. The van der Waals surface area contributed by atoms with Gasteiger partial charge in [0.1, 0.15) is 23.9 Å². The van der Waals surface area contributed by atoms with Crippen LogP contribution in [0.25, 0.3) is 0 Å². The van der Waals surface area contributed by atoms with Gasteiger partial charge in [-0.1, -0.05) is 29.8 Å². The van der Waals surface area contributed by atoms with Gasteiger partial charge in [-0.2, -0.15) is 0 Å². The molecule has 178 valence electrons. The molecule has 0 unspecified atom stereocenters. The van der Waals surface area contributed by atoms with Crippen molar-refractivity contribution in [2.75, 3.05) is 31.1 Å². The van der Waals surface area contributed by atoms with Gasteiger partial charge >= 0.3 is 0 Å². The van der Waals surface area contributed by atoms with E-state index in [1.54, 1.807) is 79.9 Å². The lowest BCUT2D eigenvalue weighted by Gasteiger charge is -2.34. The molecule has 34 heavy (non-hydrogen) atoms. The molecule has 0 bridgehead atoms. The lowest BCUT2D eigenvalue weighted by Crippen LogP contribution is -2.51. The fourth-order valence-corrected chi connectivity index (χ4v) is 5.01. The first-order valence-electron chi connectivity index (χ1n) is 10.8. The molecule has 0 spiro atoms. The molecule has 9 heteroatoms. The molecular formula is C25H26N2O6S. The van der Waals surface area contributed by atoms with Crippen molar-refractivity contribution in [2.24, 2.45) is 0 Å². The van der Waals surface area contributed by atoms with E-state index in [-0.39, 0.29) is 24.6 Å². The van der Waals surface area contributed by atoms with Crippen LogP contribution in [0.3, 0.4) is 0 Å². The summed E-state index contributed by atoms with van der Waals surface area (Å²) >= 11 is 0. The van der Waals surface area contributed by atoms with Crippen LogP contribution in [0.15, 0.2) is 77.7 Å². The maximum Gasteiger partial charge on any atom is 0.264 e. The number of carbonyl (C=O) groups excluding carboxylic acids is 1. The molecule has 4 rings (SSSR count). The number of benzene rings is 3. The fraction of sp³-hybridized carbons (Fsp3) is 0.240. The maximum atomic E-state index is 13.4. The summed E-state index contributed by atoms with van der Waals surface area (Å²) in [6.45, 7) is 2.22. The summed E-state index contributed by atoms with van der Waals surface area (Å²) in [7, 11) is -2.30. The van der Waals surface area contributed by atoms with Crippen LogP contribution in [0.1, 0.15) is 5.56 Å². The molecule has 1 N–H and O–H groups in total. The van der Waals surface area contributed by atoms with Crippen LogP contribution in [0.4, 0.5) is 5.69 Å². The van der Waals surface area contributed by atoms with Crippen LogP contribution in [-0.4, -0.2) is 47.2 Å². The zero-order valence-electron chi connectivity index (χ0n) is 18.9. The lowest BCUT2D eigenvalue weighted by molar-refractivity contribution is -0.127. The van der Waals surface area contributed by atoms with Gasteiger partial charge in [0.2, 0.25) is 0 Å². The van der Waals surface area contributed by atoms with E-state index in [1.807, 2.05) is 6.92 Å². The number of hydrogen-bond acceptors (Lipinski definition) is 6. The second kappa shape index (κ2) is 10.0. The number of methoxy groups -OCH3 is 1. The Morgan fingerprint density at radius 3 is 2.41 bits per heavy atom. The second-order valence-corrected chi connectivity index (χ2v) is 9.60. The average molecular weight is 483 g/mol. The Bertz CT molecular complexity index is 1240. The largest absolute Gasteiger partial charge is 0.497 e. The first-order chi connectivity index (χ1) is 16.4. The minimum Gasteiger partial charge on any atom is -0.497 e. The molecule has 0 aliphatic carbocycles. The summed E-state index contributed by atoms with van der Waals surface area (Å²) in [4.78, 5) is 13.0. The summed E-state index contributed by atoms with van der Waals surface area (Å²) in [6.07, 6.45) is -1.00. The summed E-state index contributed by atoms with van der Waals surface area (Å²) in [5, 5.41) is 2.76. The van der Waals surface area contributed by atoms with Gasteiger partial charge in [-0.25, -0.2) is 8.42 Å². The molecule has 0 aromatic heterocycles. The number of sulfonamides is 1. The normalized spacial score (nSPS) is 15.1. The molecule has 3 aromatic carbocycles. The number of nitrogens with zero attached hydrogens (tertiary/aromatic N) is 1. The van der Waals surface area contributed by atoms with Gasteiger partial charge in [-0.3, -0.25) is 9.10 Å². The summed E-state index contributed by atoms with van der Waals surface area (Å²) < 4.78 is 44.6. The first-order valence-corrected chi connectivity index (χ1v) is 12.2. The van der Waals surface area contributed by atoms with Crippen LogP contribution < -0.4 is 23.8 Å². The molecular weight excluding hydrogens is 456 g/mol. The molecule has 0 radical (unpaired) electrons. The Hall–Kier alpha value is -3.72. The number of hydrogen-bond donors (Lipinski definition) is 1. The standard InChI is InChI=1S/C25H26N2O6S/c1-18-7-13-21(14-8-18)34(29,30)27-17-24(33-23-6-4-3-5-22(23)27)25(28)26-15-16-32-20-11-9-19(31-2)10-12-20/h3-14,24H,15-17H2,1-2H3,(H,26,28)/t24-/m1/s1. The number of carbonyl (C=O) groups is 1. The Balaban J connectivity index is 1.43. The molecule has 1 atom stereocenters. The van der Waals surface area contributed by atoms with Gasteiger partial charge in [0.15, 0.2) is 6.10 Å². The van der Waals surface area contributed by atoms with Crippen molar-refractivity contribution < 1.29 is 27.4 Å². The molecule has 0 saturated carbocycles. The van der Waals surface area contributed by atoms with Crippen LogP contribution in [0.5, 0.6) is 17.2 Å². The zero-order valence-corrected chi connectivity index (χ0v) is 19.7. The van der Waals surface area contributed by atoms with Gasteiger partial charge < -0.3 is 19.5 Å². The van der Waals surface area contributed by atoms with Crippen LogP contribution in [-0.2, 0) is 14.8 Å². The predicted octanol–water partition coefficient (Wildman–Crippen LogP) is 3.16. The Kier molecular flexibility index (Phi) is 6.93. The van der Waals surface area contributed by atoms with Crippen molar-refractivity contribution in [3.05, 3.63) is 78.4 Å². The van der Waals surface area contributed by atoms with Crippen molar-refractivity contribution in [1.29, 1.82) is 0 Å². The topological polar surface area (TPSA) is 94.2 Å². The second-order valence-electron chi connectivity index (χ2n) is 7.74. The highest BCUT2D eigenvalue weighted by molar-refractivity contribution is 7.92. The predicted molar refractivity (Wildman–Crippen MR) is 128 cm³/mol. The van der Waals surface area contributed by atoms with E-state index in [0.29, 0.717) is 17.2 Å². The molecule has 0 saturated heterocycles. The summed E-state index contributed by atoms with van der Waals surface area (Å²) in [5.41, 5.74) is 1.35. The number of anilines is 1. The minimum absolute atomic E-state index is 0.140. The van der Waals surface area contributed by atoms with Crippen LogP contribution in [0, 0.1) is 6.92 Å². The number of para-hydroxylation sites is 2. The minimum atomic E-state index is -3.89. The van der Waals surface area contributed by atoms with Crippen LogP contribution >= 0.6 is 0 Å². The first kappa shape index (κ1) is 23.4. The highest BCUT2D eigenvalue weighted by Crippen LogP contribution is 2.36. The third-order valence-electron chi connectivity index (χ3n) is 5.37. The average Bonchev–Trinajstić information content (AvgIpc) is 2.86. The van der Waals surface area contributed by atoms with E-state index < -0.39 is 22.0 Å². The fourth-order valence-electron chi connectivity index (χ4n) is 3.53. The van der Waals surface area contributed by atoms with Crippen molar-refractivity contribution in [3.8, 4) is 17.2 Å². The third kappa shape index (κ3) is 5.09. The van der Waals surface area contributed by atoms with Crippen molar-refractivity contribution in [2.45, 2.75) is 17.9 Å². The zero-order chi connectivity index (χ0) is 24.1. The third-order valence-corrected chi connectivity index (χ3v) is 7.16. The molecule has 1 aliphatic heterocycles. The van der Waals surface area contributed by atoms with Crippen molar-refractivity contribution >= 4 is 21.6 Å². The molecule has 1 amide bonds. The Morgan fingerprint density at radius 1 is 1.03 bits per heavy atom. The summed E-state index contributed by atoms with van der Waals surface area (Å²) in [5.74, 6) is 1.28. The lowest BCUT2D eigenvalue weighted by atomic mass is 10.2. The molecule has 1 heterocycles. The highest BCUT2D eigenvalue weighted by atomic mass is 32.2. The quantitative estimate of drug-likeness (QED) is 0.496. The maximum absolute atomic E-state index is 13.4. The number of ether oxygens (including phenoxy) is 3. The van der Waals surface area contributed by atoms with E-state index >= 15 is 0 Å². The van der Waals surface area contributed by atoms with Crippen molar-refractivity contribution in [1.82, 2.24) is 5.32 Å². The SMILES string of the molecule is COc1ccc(OCCNC(=O)[C@H]2CN(S(=O)(=O)c3ccc(C)cc3)c3ccccc3O2)cc1. The number of rotatable bonds is 8. The van der Waals surface area contributed by atoms with Gasteiger partial charge in [-0.05, 0) is 55.5 Å². The van der Waals surface area contributed by atoms with Gasteiger partial charge in [0.05, 0.1) is 30.8 Å². The van der Waals surface area contributed by atoms with Crippen LogP contribution in [0.2, 0.25) is 0 Å². The number of nitrogens with one attached hydrogen (secondary N) is 1. The molecule has 0 fully saturated rings. The number of fused-ring (bicyclic) bond motifs is 1. The van der Waals surface area contributed by atoms with E-state index in [1.165, 1.54) is 4.31 Å². The van der Waals surface area contributed by atoms with Gasteiger partial charge in [0.25, 0.3) is 15.9 Å². The van der Waals surface area contributed by atoms with Gasteiger partial charge in [0, 0.05) is 0 Å². The van der Waals surface area contributed by atoms with E-state index in [0.717, 1.165) is 11.3 Å². The monoisotopic (exact) mass is 482 g/mol. The summed E-state index contributed by atoms with van der Waals surface area (Å²) in [6, 6.07) is 20.5. The molecule has 8 nitrogen and oxygen atoms in total. The molecule has 3 aromatic rings. The number of aryl methyl sites for hydroxylation is 1.